The molecule has 1 aliphatic heterocycles. The fourth-order valence-electron chi connectivity index (χ4n) is 2.71. The summed E-state index contributed by atoms with van der Waals surface area (Å²) in [6.45, 7) is 7.44. The minimum atomic E-state index is -0.969. The zero-order chi connectivity index (χ0) is 17.8. The minimum Gasteiger partial charge on any atom is -0.368 e. The van der Waals surface area contributed by atoms with Crippen molar-refractivity contribution < 1.29 is 13.7 Å². The number of hydrogen-bond acceptors (Lipinski definition) is 4. The van der Waals surface area contributed by atoms with Gasteiger partial charge >= 0.3 is 0 Å². The van der Waals surface area contributed by atoms with Crippen molar-refractivity contribution in [2.75, 3.05) is 25.5 Å². The maximum absolute atomic E-state index is 12.7. The van der Waals surface area contributed by atoms with Crippen molar-refractivity contribution in [3.8, 4) is 0 Å². The van der Waals surface area contributed by atoms with E-state index < -0.39 is 16.4 Å². The number of carbonyl (C=O) groups excluding carboxylic acids is 1. The van der Waals surface area contributed by atoms with E-state index in [1.54, 1.807) is 7.11 Å². The topological polar surface area (TPSA) is 67.4 Å². The molecule has 0 saturated carbocycles. The van der Waals surface area contributed by atoms with E-state index in [0.29, 0.717) is 18.6 Å². The van der Waals surface area contributed by atoms with Crippen LogP contribution in [0, 0.1) is 0 Å². The Morgan fingerprint density at radius 2 is 1.96 bits per heavy atom. The van der Waals surface area contributed by atoms with E-state index >= 15 is 0 Å². The van der Waals surface area contributed by atoms with Crippen molar-refractivity contribution in [3.63, 3.8) is 0 Å². The molecule has 2 rings (SSSR count). The lowest BCUT2D eigenvalue weighted by atomic mass is 9.91. The van der Waals surface area contributed by atoms with Gasteiger partial charge in [0.25, 0.3) is 5.91 Å². The van der Waals surface area contributed by atoms with Gasteiger partial charge in [0.1, 0.15) is 5.60 Å². The predicted octanol–water partition coefficient (Wildman–Crippen LogP) is 2.86. The first-order valence-corrected chi connectivity index (χ1v) is 9.63. The van der Waals surface area contributed by atoms with Crippen LogP contribution in [0.15, 0.2) is 24.3 Å². The van der Waals surface area contributed by atoms with Gasteiger partial charge in [-0.05, 0) is 64.4 Å². The number of anilines is 1. The smallest absolute Gasteiger partial charge is 0.256 e. The Hall–Kier alpha value is -0.950. The first-order chi connectivity index (χ1) is 11.3. The molecule has 25 heavy (non-hydrogen) atoms. The lowest BCUT2D eigenvalue weighted by Crippen LogP contribution is -2.51. The Balaban J connectivity index is 0.00000312. The highest BCUT2D eigenvalue weighted by atomic mass is 35.5. The van der Waals surface area contributed by atoms with Gasteiger partial charge in [0.15, 0.2) is 0 Å². The van der Waals surface area contributed by atoms with Crippen molar-refractivity contribution >= 4 is 34.8 Å². The molecule has 1 aliphatic rings. The van der Waals surface area contributed by atoms with Gasteiger partial charge in [-0.1, -0.05) is 12.1 Å². The summed E-state index contributed by atoms with van der Waals surface area (Å²) in [6, 6.07) is 7.57. The molecule has 1 saturated heterocycles. The molecule has 0 bridgehead atoms. The molecule has 0 aliphatic carbocycles. The van der Waals surface area contributed by atoms with Gasteiger partial charge in [-0.15, -0.1) is 12.4 Å². The van der Waals surface area contributed by atoms with Crippen LogP contribution in [-0.2, 0) is 26.1 Å². The molecule has 1 amide bonds. The minimum absolute atomic E-state index is 0. The third kappa shape index (κ3) is 5.78. The molecule has 5 nitrogen and oxygen atoms in total. The van der Waals surface area contributed by atoms with Crippen molar-refractivity contribution in [1.29, 1.82) is 0 Å². The van der Waals surface area contributed by atoms with Crippen LogP contribution >= 0.6 is 12.4 Å². The van der Waals surface area contributed by atoms with Crippen molar-refractivity contribution in [2.24, 2.45) is 0 Å². The summed E-state index contributed by atoms with van der Waals surface area (Å²) in [7, 11) is 0.622. The normalized spacial score (nSPS) is 18.1. The SMILES string of the molecule is COC1(C(=O)Nc2cccc(CS(=O)C(C)(C)C)c2)CCNCC1.Cl. The summed E-state index contributed by atoms with van der Waals surface area (Å²) in [5.74, 6) is 0.368. The molecule has 1 aromatic carbocycles. The molecule has 1 aromatic rings. The third-order valence-electron chi connectivity index (χ3n) is 4.38. The molecule has 2 N–H and O–H groups in total. The molecule has 0 aromatic heterocycles. The number of methoxy groups -OCH3 is 1. The van der Waals surface area contributed by atoms with Gasteiger partial charge < -0.3 is 15.4 Å². The Bertz CT molecular complexity index is 611. The van der Waals surface area contributed by atoms with Gasteiger partial charge in [0, 0.05) is 34.1 Å². The van der Waals surface area contributed by atoms with Crippen LogP contribution in [0.2, 0.25) is 0 Å². The molecular weight excluding hydrogens is 360 g/mol. The summed E-state index contributed by atoms with van der Waals surface area (Å²) < 4.78 is 17.6. The molecule has 0 radical (unpaired) electrons. The lowest BCUT2D eigenvalue weighted by molar-refractivity contribution is -0.140. The van der Waals surface area contributed by atoms with E-state index in [1.807, 2.05) is 45.0 Å². The molecule has 1 unspecified atom stereocenters. The summed E-state index contributed by atoms with van der Waals surface area (Å²) in [6.07, 6.45) is 1.31. The molecule has 1 fully saturated rings. The molecule has 1 atom stereocenters. The lowest BCUT2D eigenvalue weighted by Gasteiger charge is -2.34. The van der Waals surface area contributed by atoms with Crippen LogP contribution in [0.4, 0.5) is 5.69 Å². The number of benzene rings is 1. The maximum atomic E-state index is 12.7. The molecule has 142 valence electrons. The zero-order valence-corrected chi connectivity index (χ0v) is 17.0. The number of carbonyl (C=O) groups is 1. The van der Waals surface area contributed by atoms with Gasteiger partial charge in [-0.3, -0.25) is 9.00 Å². The zero-order valence-electron chi connectivity index (χ0n) is 15.4. The Labute approximate surface area is 159 Å². The van der Waals surface area contributed by atoms with E-state index in [4.69, 9.17) is 4.74 Å². The number of piperidine rings is 1. The Morgan fingerprint density at radius 3 is 2.52 bits per heavy atom. The van der Waals surface area contributed by atoms with E-state index in [-0.39, 0.29) is 23.1 Å². The highest BCUT2D eigenvalue weighted by molar-refractivity contribution is 7.85. The summed E-state index contributed by atoms with van der Waals surface area (Å²) >= 11 is 0. The fourth-order valence-corrected chi connectivity index (χ4v) is 3.62. The van der Waals surface area contributed by atoms with Gasteiger partial charge in [0.05, 0.1) is 0 Å². The summed E-state index contributed by atoms with van der Waals surface area (Å²) in [4.78, 5) is 12.7. The Morgan fingerprint density at radius 1 is 1.32 bits per heavy atom. The standard InChI is InChI=1S/C18H28N2O3S.ClH/c1-17(2,3)24(22)13-14-6-5-7-15(12-14)20-16(21)18(23-4)8-10-19-11-9-18;/h5-7,12,19H,8-11,13H2,1-4H3,(H,20,21);1H. The van der Waals surface area contributed by atoms with Crippen LogP contribution in [-0.4, -0.2) is 40.7 Å². The first-order valence-electron chi connectivity index (χ1n) is 8.32. The average molecular weight is 389 g/mol. The predicted molar refractivity (Wildman–Crippen MR) is 106 cm³/mol. The maximum Gasteiger partial charge on any atom is 0.256 e. The van der Waals surface area contributed by atoms with Crippen LogP contribution in [0.5, 0.6) is 0 Å². The molecular formula is C18H29ClN2O3S. The van der Waals surface area contributed by atoms with Crippen LogP contribution in [0.25, 0.3) is 0 Å². The number of hydrogen-bond donors (Lipinski definition) is 2. The number of ether oxygens (including phenoxy) is 1. The van der Waals surface area contributed by atoms with Crippen molar-refractivity contribution in [1.82, 2.24) is 5.32 Å². The highest BCUT2D eigenvalue weighted by Gasteiger charge is 2.39. The number of halogens is 1. The van der Waals surface area contributed by atoms with E-state index in [9.17, 15) is 9.00 Å². The van der Waals surface area contributed by atoms with Crippen molar-refractivity contribution in [3.05, 3.63) is 29.8 Å². The van der Waals surface area contributed by atoms with E-state index in [1.165, 1.54) is 0 Å². The summed E-state index contributed by atoms with van der Waals surface area (Å²) in [5.41, 5.74) is 0.909. The molecule has 1 heterocycles. The van der Waals surface area contributed by atoms with E-state index in [2.05, 4.69) is 10.6 Å². The second-order valence-electron chi connectivity index (χ2n) is 7.21. The third-order valence-corrected chi connectivity index (χ3v) is 6.34. The first kappa shape index (κ1) is 22.1. The van der Waals surface area contributed by atoms with Gasteiger partial charge in [-0.2, -0.15) is 0 Å². The summed E-state index contributed by atoms with van der Waals surface area (Å²) in [5, 5.41) is 6.21. The fraction of sp³-hybridized carbons (Fsp3) is 0.611. The molecule has 0 spiro atoms. The number of nitrogens with one attached hydrogen (secondary N) is 2. The quantitative estimate of drug-likeness (QED) is 0.813. The van der Waals surface area contributed by atoms with Crippen molar-refractivity contribution in [2.45, 2.75) is 49.7 Å². The second-order valence-corrected chi connectivity index (χ2v) is 9.41. The van der Waals surface area contributed by atoms with Gasteiger partial charge in [0.2, 0.25) is 0 Å². The number of rotatable bonds is 5. The van der Waals surface area contributed by atoms with E-state index in [0.717, 1.165) is 24.3 Å². The molecule has 7 heteroatoms. The monoisotopic (exact) mass is 388 g/mol. The number of amides is 1. The second kappa shape index (κ2) is 9.12. The van der Waals surface area contributed by atoms with Crippen LogP contribution in [0.1, 0.15) is 39.2 Å². The van der Waals surface area contributed by atoms with Crippen LogP contribution < -0.4 is 10.6 Å². The van der Waals surface area contributed by atoms with Crippen LogP contribution in [0.3, 0.4) is 0 Å². The largest absolute Gasteiger partial charge is 0.368 e. The van der Waals surface area contributed by atoms with Gasteiger partial charge in [-0.25, -0.2) is 0 Å². The average Bonchev–Trinajstić information content (AvgIpc) is 2.55. The highest BCUT2D eigenvalue weighted by Crippen LogP contribution is 2.25. The Kier molecular flexibility index (Phi) is 8.06.